The number of rotatable bonds is 3. The van der Waals surface area contributed by atoms with Gasteiger partial charge < -0.3 is 10.1 Å². The molecular formula is C15H16N6O2. The molecule has 1 aromatic carbocycles. The van der Waals surface area contributed by atoms with E-state index in [-0.39, 0.29) is 23.1 Å². The fourth-order valence-corrected chi connectivity index (χ4v) is 2.17. The predicted octanol–water partition coefficient (Wildman–Crippen LogP) is 3.20. The quantitative estimate of drug-likeness (QED) is 0.643. The molecule has 0 spiro atoms. The molecule has 0 aliphatic rings. The topological polar surface area (TPSA) is 119 Å². The normalized spacial score (nSPS) is 11.8. The summed E-state index contributed by atoms with van der Waals surface area (Å²) in [6.07, 6.45) is 0. The Kier molecular flexibility index (Phi) is 3.65. The van der Waals surface area contributed by atoms with Crippen molar-refractivity contribution >= 4 is 22.5 Å². The average Bonchev–Trinajstić information content (AvgIpc) is 2.83. The molecule has 3 rings (SSSR count). The maximum Gasteiger partial charge on any atom is 0.274 e. The molecule has 0 aliphatic heterocycles. The second-order valence-electron chi connectivity index (χ2n) is 5.55. The van der Waals surface area contributed by atoms with Crippen molar-refractivity contribution in [3.05, 3.63) is 39.8 Å². The van der Waals surface area contributed by atoms with E-state index in [0.717, 1.165) is 16.5 Å². The number of aromatic amines is 2. The van der Waals surface area contributed by atoms with Gasteiger partial charge in [0.05, 0.1) is 5.52 Å². The molecule has 3 N–H and O–H groups in total. The van der Waals surface area contributed by atoms with Crippen LogP contribution in [0.4, 0.5) is 11.6 Å². The average molecular weight is 312 g/mol. The Morgan fingerprint density at radius 1 is 1.17 bits per heavy atom. The summed E-state index contributed by atoms with van der Waals surface area (Å²) in [5, 5.41) is 26.1. The molecule has 118 valence electrons. The fourth-order valence-electron chi connectivity index (χ4n) is 2.17. The minimum Gasteiger partial charge on any atom is -0.493 e. The molecule has 23 heavy (non-hydrogen) atoms. The Morgan fingerprint density at radius 2 is 1.96 bits per heavy atom. The fraction of sp³-hybridized carbons (Fsp3) is 0.267. The number of fused-ring (bicyclic) bond motifs is 1. The van der Waals surface area contributed by atoms with Crippen molar-refractivity contribution in [2.45, 2.75) is 26.7 Å². The number of aromatic nitrogens is 4. The second kappa shape index (κ2) is 5.64. The number of aryl methyl sites for hydroxylation is 1. The lowest BCUT2D eigenvalue weighted by Gasteiger charge is -2.04. The van der Waals surface area contributed by atoms with Crippen LogP contribution in [0.15, 0.2) is 33.2 Å². The summed E-state index contributed by atoms with van der Waals surface area (Å²) >= 11 is 0. The molecule has 0 atom stereocenters. The third kappa shape index (κ3) is 2.83. The highest BCUT2D eigenvalue weighted by atomic mass is 16.3. The first-order valence-electron chi connectivity index (χ1n) is 7.15. The van der Waals surface area contributed by atoms with E-state index in [1.165, 1.54) is 0 Å². The Morgan fingerprint density at radius 3 is 2.65 bits per heavy atom. The van der Waals surface area contributed by atoms with Gasteiger partial charge >= 0.3 is 0 Å². The van der Waals surface area contributed by atoms with Crippen LogP contribution in [0.5, 0.6) is 5.88 Å². The summed E-state index contributed by atoms with van der Waals surface area (Å²) in [5.41, 5.74) is 2.05. The highest BCUT2D eigenvalue weighted by molar-refractivity contribution is 5.94. The summed E-state index contributed by atoms with van der Waals surface area (Å²) in [7, 11) is 0. The molecule has 0 fully saturated rings. The molecule has 0 radical (unpaired) electrons. The van der Waals surface area contributed by atoms with Gasteiger partial charge in [-0.1, -0.05) is 19.9 Å². The second-order valence-corrected chi connectivity index (χ2v) is 5.55. The van der Waals surface area contributed by atoms with Gasteiger partial charge in [0, 0.05) is 5.39 Å². The predicted molar refractivity (Wildman–Crippen MR) is 85.6 cm³/mol. The molecule has 8 heteroatoms. The van der Waals surface area contributed by atoms with Gasteiger partial charge in [0.1, 0.15) is 5.69 Å². The van der Waals surface area contributed by atoms with Crippen molar-refractivity contribution in [2.24, 2.45) is 10.2 Å². The van der Waals surface area contributed by atoms with E-state index in [1.807, 2.05) is 18.2 Å². The first-order chi connectivity index (χ1) is 11.0. The smallest absolute Gasteiger partial charge is 0.274 e. The largest absolute Gasteiger partial charge is 0.493 e. The number of hydrogen-bond donors (Lipinski definition) is 3. The van der Waals surface area contributed by atoms with Gasteiger partial charge in [-0.05, 0) is 30.5 Å². The van der Waals surface area contributed by atoms with Crippen molar-refractivity contribution in [3.8, 4) is 5.88 Å². The summed E-state index contributed by atoms with van der Waals surface area (Å²) < 4.78 is 0. The van der Waals surface area contributed by atoms with Gasteiger partial charge in [-0.25, -0.2) is 0 Å². The zero-order chi connectivity index (χ0) is 16.6. The van der Waals surface area contributed by atoms with E-state index >= 15 is 0 Å². The number of benzene rings is 1. The van der Waals surface area contributed by atoms with E-state index in [9.17, 15) is 9.90 Å². The lowest BCUT2D eigenvalue weighted by molar-refractivity contribution is 0.459. The van der Waals surface area contributed by atoms with Crippen LogP contribution in [-0.2, 0) is 0 Å². The zero-order valence-electron chi connectivity index (χ0n) is 13.0. The van der Waals surface area contributed by atoms with E-state index in [2.05, 4.69) is 44.2 Å². The highest BCUT2D eigenvalue weighted by Gasteiger charge is 2.12. The standard InChI is InChI=1S/C15H16N6O2/c1-7(2)9-4-5-11-10(6-9)12(14(23)16-11)19-21-15-17-13(22)8(3)18-20-15/h4-7,16,23H,1-3H3,(H,17,20,22). The van der Waals surface area contributed by atoms with Crippen LogP contribution >= 0.6 is 0 Å². The molecular weight excluding hydrogens is 296 g/mol. The first kappa shape index (κ1) is 14.9. The van der Waals surface area contributed by atoms with Crippen LogP contribution in [0.3, 0.4) is 0 Å². The molecule has 0 aliphatic carbocycles. The van der Waals surface area contributed by atoms with E-state index in [4.69, 9.17) is 0 Å². The molecule has 2 heterocycles. The maximum atomic E-state index is 11.5. The van der Waals surface area contributed by atoms with E-state index < -0.39 is 0 Å². The zero-order valence-corrected chi connectivity index (χ0v) is 13.0. The van der Waals surface area contributed by atoms with Crippen molar-refractivity contribution in [2.75, 3.05) is 0 Å². The highest BCUT2D eigenvalue weighted by Crippen LogP contribution is 2.37. The Labute approximate surface area is 131 Å². The van der Waals surface area contributed by atoms with Crippen LogP contribution in [0.1, 0.15) is 31.0 Å². The van der Waals surface area contributed by atoms with Crippen LogP contribution < -0.4 is 5.56 Å². The van der Waals surface area contributed by atoms with Crippen molar-refractivity contribution in [3.63, 3.8) is 0 Å². The van der Waals surface area contributed by atoms with E-state index in [1.54, 1.807) is 6.92 Å². The van der Waals surface area contributed by atoms with Gasteiger partial charge in [-0.15, -0.1) is 20.4 Å². The summed E-state index contributed by atoms with van der Waals surface area (Å²) in [6.45, 7) is 5.72. The Hall–Kier alpha value is -3.03. The summed E-state index contributed by atoms with van der Waals surface area (Å²) in [4.78, 5) is 16.8. The molecule has 0 unspecified atom stereocenters. The first-order valence-corrected chi connectivity index (χ1v) is 7.15. The SMILES string of the molecule is Cc1nnc(N=Nc2c(O)[nH]c3ccc(C(C)C)cc23)[nH]c1=O. The van der Waals surface area contributed by atoms with Gasteiger partial charge in [0.15, 0.2) is 5.69 Å². The maximum absolute atomic E-state index is 11.5. The van der Waals surface area contributed by atoms with Crippen LogP contribution in [-0.4, -0.2) is 25.3 Å². The van der Waals surface area contributed by atoms with Crippen molar-refractivity contribution in [1.82, 2.24) is 20.2 Å². The number of aromatic hydroxyl groups is 1. The van der Waals surface area contributed by atoms with Gasteiger partial charge in [0.25, 0.3) is 11.5 Å². The third-order valence-corrected chi connectivity index (χ3v) is 3.54. The molecule has 8 nitrogen and oxygen atoms in total. The van der Waals surface area contributed by atoms with Crippen LogP contribution in [0, 0.1) is 6.92 Å². The summed E-state index contributed by atoms with van der Waals surface area (Å²) in [6, 6.07) is 5.83. The lowest BCUT2D eigenvalue weighted by atomic mass is 10.0. The summed E-state index contributed by atoms with van der Waals surface area (Å²) in [5.74, 6) is 0.238. The number of azo groups is 1. The molecule has 0 bridgehead atoms. The molecule has 0 amide bonds. The monoisotopic (exact) mass is 312 g/mol. The van der Waals surface area contributed by atoms with Gasteiger partial charge in [0.2, 0.25) is 5.88 Å². The van der Waals surface area contributed by atoms with Gasteiger partial charge in [-0.3, -0.25) is 9.78 Å². The lowest BCUT2D eigenvalue weighted by Crippen LogP contribution is -2.12. The number of H-pyrrole nitrogens is 2. The minimum absolute atomic E-state index is 0.0191. The minimum atomic E-state index is -0.376. The van der Waals surface area contributed by atoms with Crippen LogP contribution in [0.25, 0.3) is 10.9 Å². The molecule has 2 aromatic heterocycles. The van der Waals surface area contributed by atoms with Crippen molar-refractivity contribution in [1.29, 1.82) is 0 Å². The van der Waals surface area contributed by atoms with Gasteiger partial charge in [-0.2, -0.15) is 0 Å². The Bertz CT molecular complexity index is 954. The number of hydrogen-bond acceptors (Lipinski definition) is 6. The van der Waals surface area contributed by atoms with E-state index in [0.29, 0.717) is 11.6 Å². The third-order valence-electron chi connectivity index (χ3n) is 3.54. The number of nitrogens with zero attached hydrogens (tertiary/aromatic N) is 4. The Balaban J connectivity index is 2.06. The molecule has 0 saturated heterocycles. The molecule has 3 aromatic rings. The molecule has 0 saturated carbocycles. The van der Waals surface area contributed by atoms with Crippen LogP contribution in [0.2, 0.25) is 0 Å². The number of nitrogens with one attached hydrogen (secondary N) is 2. The van der Waals surface area contributed by atoms with Crippen molar-refractivity contribution < 1.29 is 5.11 Å².